The van der Waals surface area contributed by atoms with Gasteiger partial charge in [-0.05, 0) is 18.1 Å². The summed E-state index contributed by atoms with van der Waals surface area (Å²) in [4.78, 5) is 4.84. The van der Waals surface area contributed by atoms with Gasteiger partial charge in [-0.1, -0.05) is 30.3 Å². The second-order valence-corrected chi connectivity index (χ2v) is 11.7. The van der Waals surface area contributed by atoms with Crippen molar-refractivity contribution in [1.29, 1.82) is 0 Å². The number of amidine groups is 1. The van der Waals surface area contributed by atoms with Gasteiger partial charge < -0.3 is 19.9 Å². The lowest BCUT2D eigenvalue weighted by Gasteiger charge is -2.38. The Morgan fingerprint density at radius 3 is 2.76 bits per heavy atom. The van der Waals surface area contributed by atoms with Crippen molar-refractivity contribution in [2.45, 2.75) is 48.7 Å². The van der Waals surface area contributed by atoms with E-state index in [9.17, 15) is 18.3 Å². The third-order valence-electron chi connectivity index (χ3n) is 7.46. The van der Waals surface area contributed by atoms with Gasteiger partial charge in [0.2, 0.25) is 6.79 Å². The van der Waals surface area contributed by atoms with Gasteiger partial charge in [-0.2, -0.15) is 18.2 Å². The number of thioether (sulfide) groups is 1. The maximum atomic E-state index is 12.9. The molecule has 1 saturated heterocycles. The summed E-state index contributed by atoms with van der Waals surface area (Å²) in [6.07, 6.45) is -2.56. The van der Waals surface area contributed by atoms with E-state index >= 15 is 0 Å². The van der Waals surface area contributed by atoms with Crippen LogP contribution in [0, 0.1) is 5.92 Å². The lowest BCUT2D eigenvalue weighted by molar-refractivity contribution is -1.02. The largest absolute Gasteiger partial charge is 0.457 e. The highest BCUT2D eigenvalue weighted by Gasteiger charge is 2.57. The average molecular weight is 554 g/mol. The summed E-state index contributed by atoms with van der Waals surface area (Å²) in [7, 11) is 3.97. The van der Waals surface area contributed by atoms with Crippen molar-refractivity contribution < 1.29 is 32.5 Å². The number of halogens is 3. The lowest BCUT2D eigenvalue weighted by Crippen LogP contribution is -2.60. The first-order chi connectivity index (χ1) is 18.1. The number of rotatable bonds is 7. The molecule has 0 spiro atoms. The molecule has 3 heterocycles. The number of ether oxygens (including phenoxy) is 2. The second-order valence-electron chi connectivity index (χ2n) is 10.5. The van der Waals surface area contributed by atoms with Crippen LogP contribution >= 0.6 is 11.8 Å². The van der Waals surface area contributed by atoms with Crippen LogP contribution < -0.4 is 16.1 Å². The Labute approximate surface area is 223 Å². The minimum atomic E-state index is -4.22. The van der Waals surface area contributed by atoms with E-state index in [0.29, 0.717) is 17.4 Å². The van der Waals surface area contributed by atoms with E-state index in [0.717, 1.165) is 29.7 Å². The van der Waals surface area contributed by atoms with E-state index in [4.69, 9.17) is 14.5 Å². The van der Waals surface area contributed by atoms with Crippen LogP contribution in [0.25, 0.3) is 0 Å². The SMILES string of the molecule is C[N+]1(C)NC2C(N[C@@H]3C[C@H]3c3ccccc3)=NC(SCCC(F)(F)F)N[C@@H]2N1C1=C[C@@H](CO)C2=C1OCO2. The minimum absolute atomic E-state index is 0.0848. The van der Waals surface area contributed by atoms with Gasteiger partial charge in [0.1, 0.15) is 25.6 Å². The molecule has 2 fully saturated rings. The zero-order chi connectivity index (χ0) is 26.7. The van der Waals surface area contributed by atoms with E-state index in [1.54, 1.807) is 0 Å². The molecular formula is C25H32F3N6O3S+. The standard InChI is InChI=1S/C25H32F3N6O3S/c1-34(2)32-19-22(29-17-11-16(17)14-6-4-3-5-7-14)30-24(38-9-8-25(26,27)28)31-23(19)33(34)18-10-15(12-35)20-21(18)37-13-36-20/h3-7,10,15-17,19,23-24,31-32,35H,8-9,11-13H2,1-2H3,(H,29,30)/q+1/t15-,16-,17+,19?,23+,24?/m0/s1. The molecule has 13 heteroatoms. The van der Waals surface area contributed by atoms with Crippen molar-refractivity contribution in [3.63, 3.8) is 0 Å². The number of quaternary nitrogens is 1. The number of alkyl halides is 3. The summed E-state index contributed by atoms with van der Waals surface area (Å²) in [5.41, 5.74) is 5.06. The van der Waals surface area contributed by atoms with Crippen molar-refractivity contribution >= 4 is 17.6 Å². The molecule has 9 nitrogen and oxygen atoms in total. The summed E-state index contributed by atoms with van der Waals surface area (Å²) < 4.78 is 50.3. The lowest BCUT2D eigenvalue weighted by atomic mass is 10.1. The predicted octanol–water partition coefficient (Wildman–Crippen LogP) is 2.33. The van der Waals surface area contributed by atoms with Crippen LogP contribution in [0.4, 0.5) is 13.2 Å². The van der Waals surface area contributed by atoms with Crippen LogP contribution in [0.2, 0.25) is 0 Å². The zero-order valence-corrected chi connectivity index (χ0v) is 21.9. The number of hydrogen-bond donors (Lipinski definition) is 4. The van der Waals surface area contributed by atoms with Gasteiger partial charge >= 0.3 is 6.18 Å². The quantitative estimate of drug-likeness (QED) is 0.383. The molecule has 2 aliphatic carbocycles. The molecular weight excluding hydrogens is 521 g/mol. The smallest absolute Gasteiger partial charge is 0.389 e. The zero-order valence-electron chi connectivity index (χ0n) is 21.1. The fourth-order valence-corrected chi connectivity index (χ4v) is 6.64. The Balaban J connectivity index is 1.27. The minimum Gasteiger partial charge on any atom is -0.457 e. The maximum Gasteiger partial charge on any atom is 0.389 e. The molecule has 1 aromatic rings. The Hall–Kier alpha value is -2.45. The number of aliphatic imine (C=N–C) groups is 1. The van der Waals surface area contributed by atoms with E-state index in [1.165, 1.54) is 5.56 Å². The number of aliphatic hydroxyl groups excluding tert-OH is 1. The van der Waals surface area contributed by atoms with Gasteiger partial charge in [0, 0.05) is 17.7 Å². The highest BCUT2D eigenvalue weighted by Crippen LogP contribution is 2.44. The Morgan fingerprint density at radius 1 is 1.24 bits per heavy atom. The number of fused-ring (bicyclic) bond motifs is 1. The summed E-state index contributed by atoms with van der Waals surface area (Å²) in [6.45, 7) is -0.0316. The number of nitrogens with one attached hydrogen (secondary N) is 3. The average Bonchev–Trinajstić information content (AvgIpc) is 3.17. The monoisotopic (exact) mass is 553 g/mol. The normalized spacial score (nSPS) is 33.3. The topological polar surface area (TPSA) is 90.4 Å². The van der Waals surface area contributed by atoms with Crippen molar-refractivity contribution in [2.75, 3.05) is 33.2 Å². The van der Waals surface area contributed by atoms with Gasteiger partial charge in [0.15, 0.2) is 29.2 Å². The molecule has 1 aromatic carbocycles. The molecule has 0 amide bonds. The van der Waals surface area contributed by atoms with Crippen molar-refractivity contribution in [1.82, 2.24) is 21.1 Å². The molecule has 4 N–H and O–H groups in total. The van der Waals surface area contributed by atoms with Gasteiger partial charge in [-0.3, -0.25) is 5.32 Å². The fraction of sp³-hybridized carbons (Fsp3) is 0.560. The van der Waals surface area contributed by atoms with E-state index in [-0.39, 0.29) is 48.0 Å². The molecule has 6 atom stereocenters. The molecule has 2 unspecified atom stereocenters. The number of hydrogen-bond acceptors (Lipinski definition) is 9. The van der Waals surface area contributed by atoms with E-state index < -0.39 is 18.1 Å². The molecule has 1 saturated carbocycles. The van der Waals surface area contributed by atoms with Crippen molar-refractivity contribution in [3.8, 4) is 0 Å². The van der Waals surface area contributed by atoms with E-state index in [2.05, 4.69) is 33.2 Å². The van der Waals surface area contributed by atoms with Crippen molar-refractivity contribution in [3.05, 3.63) is 59.2 Å². The molecule has 206 valence electrons. The number of aliphatic hydroxyl groups is 1. The van der Waals surface area contributed by atoms with Crippen LogP contribution in [0.15, 0.2) is 58.6 Å². The summed E-state index contributed by atoms with van der Waals surface area (Å²) in [5.74, 6) is 1.87. The molecule has 38 heavy (non-hydrogen) atoms. The highest BCUT2D eigenvalue weighted by molar-refractivity contribution is 7.99. The van der Waals surface area contributed by atoms with Crippen LogP contribution in [0.5, 0.6) is 0 Å². The highest BCUT2D eigenvalue weighted by atomic mass is 32.2. The summed E-state index contributed by atoms with van der Waals surface area (Å²) in [5, 5.41) is 19.1. The third kappa shape index (κ3) is 4.86. The second kappa shape index (κ2) is 9.63. The van der Waals surface area contributed by atoms with Crippen molar-refractivity contribution in [2.24, 2.45) is 10.9 Å². The van der Waals surface area contributed by atoms with Gasteiger partial charge in [-0.25, -0.2) is 4.99 Å². The predicted molar refractivity (Wildman–Crippen MR) is 136 cm³/mol. The van der Waals surface area contributed by atoms with Gasteiger partial charge in [0.05, 0.1) is 18.9 Å². The van der Waals surface area contributed by atoms with E-state index in [1.807, 2.05) is 38.4 Å². The number of benzene rings is 1. The first kappa shape index (κ1) is 25.8. The van der Waals surface area contributed by atoms with Crippen LogP contribution in [-0.2, 0) is 9.47 Å². The summed E-state index contributed by atoms with van der Waals surface area (Å²) >= 11 is 1.14. The Bertz CT molecular complexity index is 1160. The number of nitrogens with zero attached hydrogens (tertiary/aromatic N) is 3. The fourth-order valence-electron chi connectivity index (χ4n) is 5.65. The summed E-state index contributed by atoms with van der Waals surface area (Å²) in [6, 6.07) is 10.2. The molecule has 0 radical (unpaired) electrons. The molecule has 3 aliphatic heterocycles. The molecule has 0 aromatic heterocycles. The maximum absolute atomic E-state index is 12.9. The first-order valence-electron chi connectivity index (χ1n) is 12.7. The molecule has 0 bridgehead atoms. The van der Waals surface area contributed by atoms with Crippen LogP contribution in [-0.4, -0.2) is 83.8 Å². The third-order valence-corrected chi connectivity index (χ3v) is 8.46. The Morgan fingerprint density at radius 2 is 2.03 bits per heavy atom. The Kier molecular flexibility index (Phi) is 6.54. The van der Waals surface area contributed by atoms with Gasteiger partial charge in [-0.15, -0.1) is 21.9 Å². The molecule has 5 aliphatic rings. The van der Waals surface area contributed by atoms with Gasteiger partial charge in [0.25, 0.3) is 0 Å². The van der Waals surface area contributed by atoms with Crippen LogP contribution in [0.3, 0.4) is 0 Å². The van der Waals surface area contributed by atoms with Crippen LogP contribution in [0.1, 0.15) is 24.3 Å². The first-order valence-corrected chi connectivity index (χ1v) is 13.8. The molecule has 6 rings (SSSR count).